The lowest BCUT2D eigenvalue weighted by atomic mass is 10.2. The molecular formula is C12H18BrNOS2. The van der Waals surface area contributed by atoms with Crippen LogP contribution in [0.25, 0.3) is 0 Å². The van der Waals surface area contributed by atoms with E-state index in [2.05, 4.69) is 32.1 Å². The van der Waals surface area contributed by atoms with Crippen LogP contribution in [0.3, 0.4) is 0 Å². The van der Waals surface area contributed by atoms with Crippen LogP contribution in [0, 0.1) is 5.92 Å². The van der Waals surface area contributed by atoms with E-state index in [-0.39, 0.29) is 10.8 Å². The Morgan fingerprint density at radius 1 is 1.53 bits per heavy atom. The SMILES string of the molecule is CC(C)(C)[S@+]([O-])NC(c1cc(Br)cs1)C1CC1. The summed E-state index contributed by atoms with van der Waals surface area (Å²) >= 11 is 4.22. The van der Waals surface area contributed by atoms with Crippen molar-refractivity contribution in [2.75, 3.05) is 0 Å². The van der Waals surface area contributed by atoms with Gasteiger partial charge < -0.3 is 4.55 Å². The molecule has 1 heterocycles. The molecule has 0 bridgehead atoms. The normalized spacial score (nSPS) is 20.3. The lowest BCUT2D eigenvalue weighted by Crippen LogP contribution is -2.41. The fourth-order valence-electron chi connectivity index (χ4n) is 1.60. The fourth-order valence-corrected chi connectivity index (χ4v) is 4.17. The first-order valence-electron chi connectivity index (χ1n) is 5.80. The van der Waals surface area contributed by atoms with Gasteiger partial charge in [-0.25, -0.2) is 0 Å². The van der Waals surface area contributed by atoms with Gasteiger partial charge in [-0.15, -0.1) is 16.1 Å². The van der Waals surface area contributed by atoms with Gasteiger partial charge in [-0.05, 0) is 61.5 Å². The fraction of sp³-hybridized carbons (Fsp3) is 0.667. The van der Waals surface area contributed by atoms with Gasteiger partial charge in [0.1, 0.15) is 4.75 Å². The predicted molar refractivity (Wildman–Crippen MR) is 78.5 cm³/mol. The molecule has 1 aromatic rings. The molecule has 0 amide bonds. The zero-order valence-corrected chi connectivity index (χ0v) is 13.5. The third kappa shape index (κ3) is 3.70. The van der Waals surface area contributed by atoms with Crippen molar-refractivity contribution in [1.29, 1.82) is 0 Å². The Morgan fingerprint density at radius 2 is 2.18 bits per heavy atom. The summed E-state index contributed by atoms with van der Waals surface area (Å²) in [6, 6.07) is 2.40. The second kappa shape index (κ2) is 5.21. The molecule has 17 heavy (non-hydrogen) atoms. The van der Waals surface area contributed by atoms with E-state index in [4.69, 9.17) is 0 Å². The average Bonchev–Trinajstić information content (AvgIpc) is 2.96. The molecule has 0 radical (unpaired) electrons. The Bertz CT molecular complexity index is 384. The first kappa shape index (κ1) is 13.9. The highest BCUT2D eigenvalue weighted by atomic mass is 79.9. The van der Waals surface area contributed by atoms with E-state index in [1.165, 1.54) is 17.7 Å². The first-order chi connectivity index (χ1) is 7.88. The van der Waals surface area contributed by atoms with E-state index in [9.17, 15) is 4.55 Å². The molecular weight excluding hydrogens is 318 g/mol. The maximum Gasteiger partial charge on any atom is 0.136 e. The maximum absolute atomic E-state index is 12.2. The van der Waals surface area contributed by atoms with Gasteiger partial charge in [0.25, 0.3) is 0 Å². The highest BCUT2D eigenvalue weighted by molar-refractivity contribution is 9.10. The van der Waals surface area contributed by atoms with Crippen molar-refractivity contribution in [3.05, 3.63) is 20.8 Å². The van der Waals surface area contributed by atoms with Crippen LogP contribution in [0.1, 0.15) is 44.5 Å². The van der Waals surface area contributed by atoms with Crippen LogP contribution in [-0.4, -0.2) is 9.30 Å². The van der Waals surface area contributed by atoms with Crippen molar-refractivity contribution in [2.24, 2.45) is 5.92 Å². The Labute approximate surface area is 119 Å². The van der Waals surface area contributed by atoms with Gasteiger partial charge in [0.05, 0.1) is 6.04 Å². The molecule has 1 aliphatic rings. The largest absolute Gasteiger partial charge is 0.598 e. The lowest BCUT2D eigenvalue weighted by molar-refractivity contribution is 0.507. The Hall–Kier alpha value is 0.450. The summed E-state index contributed by atoms with van der Waals surface area (Å²) in [5.74, 6) is 0.659. The summed E-state index contributed by atoms with van der Waals surface area (Å²) in [7, 11) is 0. The summed E-state index contributed by atoms with van der Waals surface area (Å²) in [5, 5.41) is 2.09. The minimum atomic E-state index is -0.998. The van der Waals surface area contributed by atoms with Gasteiger partial charge in [-0.3, -0.25) is 0 Å². The number of hydrogen-bond acceptors (Lipinski definition) is 3. The van der Waals surface area contributed by atoms with Crippen LogP contribution in [-0.2, 0) is 11.4 Å². The molecule has 0 spiro atoms. The minimum Gasteiger partial charge on any atom is -0.598 e. The molecule has 2 rings (SSSR count). The lowest BCUT2D eigenvalue weighted by Gasteiger charge is -2.27. The van der Waals surface area contributed by atoms with Crippen LogP contribution in [0.15, 0.2) is 15.9 Å². The van der Waals surface area contributed by atoms with Crippen LogP contribution in [0.5, 0.6) is 0 Å². The first-order valence-corrected chi connectivity index (χ1v) is 8.62. The smallest absolute Gasteiger partial charge is 0.136 e. The molecule has 1 unspecified atom stereocenters. The van der Waals surface area contributed by atoms with E-state index in [1.54, 1.807) is 11.3 Å². The Kier molecular flexibility index (Phi) is 4.25. The minimum absolute atomic E-state index is 0.207. The molecule has 96 valence electrons. The quantitative estimate of drug-likeness (QED) is 0.843. The number of rotatable bonds is 4. The van der Waals surface area contributed by atoms with E-state index in [0.29, 0.717) is 5.92 Å². The summed E-state index contributed by atoms with van der Waals surface area (Å²) < 4.78 is 16.4. The molecule has 2 nitrogen and oxygen atoms in total. The van der Waals surface area contributed by atoms with Gasteiger partial charge in [-0.1, -0.05) is 0 Å². The van der Waals surface area contributed by atoms with Crippen LogP contribution < -0.4 is 4.72 Å². The van der Waals surface area contributed by atoms with Gasteiger partial charge in [0, 0.05) is 26.1 Å². The molecule has 1 aliphatic carbocycles. The molecule has 1 aromatic heterocycles. The summed E-state index contributed by atoms with van der Waals surface area (Å²) in [4.78, 5) is 1.29. The van der Waals surface area contributed by atoms with E-state index < -0.39 is 11.4 Å². The van der Waals surface area contributed by atoms with Gasteiger partial charge >= 0.3 is 0 Å². The third-order valence-electron chi connectivity index (χ3n) is 2.78. The van der Waals surface area contributed by atoms with Crippen molar-refractivity contribution in [3.63, 3.8) is 0 Å². The van der Waals surface area contributed by atoms with Crippen LogP contribution in [0.2, 0.25) is 0 Å². The third-order valence-corrected chi connectivity index (χ3v) is 6.13. The van der Waals surface area contributed by atoms with Crippen molar-refractivity contribution in [1.82, 2.24) is 4.72 Å². The van der Waals surface area contributed by atoms with Crippen molar-refractivity contribution in [2.45, 2.75) is 44.4 Å². The highest BCUT2D eigenvalue weighted by Gasteiger charge is 2.38. The average molecular weight is 336 g/mol. The van der Waals surface area contributed by atoms with Crippen molar-refractivity contribution < 1.29 is 4.55 Å². The number of hydrogen-bond donors (Lipinski definition) is 1. The van der Waals surface area contributed by atoms with Crippen LogP contribution in [0.4, 0.5) is 0 Å². The number of nitrogens with one attached hydrogen (secondary N) is 1. The Balaban J connectivity index is 2.08. The predicted octanol–water partition coefficient (Wildman–Crippen LogP) is 4.01. The van der Waals surface area contributed by atoms with E-state index in [1.807, 2.05) is 20.8 Å². The number of halogens is 1. The molecule has 1 saturated carbocycles. The standard InChI is InChI=1S/C12H18BrNOS2/c1-12(2,3)17(15)14-11(8-4-5-8)10-6-9(13)7-16-10/h6-8,11,14H,4-5H2,1-3H3/t11?,17-/m0/s1. The molecule has 2 atom stereocenters. The molecule has 0 aliphatic heterocycles. The second-order valence-electron chi connectivity index (χ2n) is 5.48. The molecule has 1 fully saturated rings. The monoisotopic (exact) mass is 335 g/mol. The van der Waals surface area contributed by atoms with E-state index >= 15 is 0 Å². The Morgan fingerprint density at radius 3 is 2.59 bits per heavy atom. The molecule has 5 heteroatoms. The van der Waals surface area contributed by atoms with Crippen molar-refractivity contribution >= 4 is 38.6 Å². The zero-order chi connectivity index (χ0) is 12.6. The second-order valence-corrected chi connectivity index (χ2v) is 9.34. The van der Waals surface area contributed by atoms with Gasteiger partial charge in [0.15, 0.2) is 0 Å². The zero-order valence-electron chi connectivity index (χ0n) is 10.3. The van der Waals surface area contributed by atoms with E-state index in [0.717, 1.165) is 4.47 Å². The topological polar surface area (TPSA) is 35.1 Å². The molecule has 0 aromatic carbocycles. The summed E-state index contributed by atoms with van der Waals surface area (Å²) in [5.41, 5.74) is 0. The maximum atomic E-state index is 12.2. The van der Waals surface area contributed by atoms with Gasteiger partial charge in [-0.2, -0.15) is 0 Å². The van der Waals surface area contributed by atoms with Crippen LogP contribution >= 0.6 is 27.3 Å². The summed E-state index contributed by atoms with van der Waals surface area (Å²) in [6.07, 6.45) is 2.49. The highest BCUT2D eigenvalue weighted by Crippen LogP contribution is 2.44. The van der Waals surface area contributed by atoms with Crippen molar-refractivity contribution in [3.8, 4) is 0 Å². The molecule has 0 saturated heterocycles. The molecule has 1 N–H and O–H groups in total. The summed E-state index contributed by atoms with van der Waals surface area (Å²) in [6.45, 7) is 6.01. The van der Waals surface area contributed by atoms with Gasteiger partial charge in [0.2, 0.25) is 0 Å². The number of thiophene rings is 1.